The molecule has 3 aromatic rings. The summed E-state index contributed by atoms with van der Waals surface area (Å²) in [5.41, 5.74) is 4.47. The lowest BCUT2D eigenvalue weighted by Gasteiger charge is -2.22. The maximum absolute atomic E-state index is 12.9. The molecule has 10 heteroatoms. The molecule has 3 rings (SSSR count). The normalized spacial score (nSPS) is 12.0. The van der Waals surface area contributed by atoms with Crippen molar-refractivity contribution in [2.75, 3.05) is 11.1 Å². The molecule has 2 amide bonds. The highest BCUT2D eigenvalue weighted by Gasteiger charge is 2.26. The van der Waals surface area contributed by atoms with E-state index >= 15 is 0 Å². The van der Waals surface area contributed by atoms with E-state index in [1.807, 2.05) is 58.2 Å². The summed E-state index contributed by atoms with van der Waals surface area (Å²) in [6, 6.07) is 8.47. The monoisotopic (exact) mass is 547 g/mol. The molecular weight excluding hydrogens is 517 g/mol. The number of amides is 2. The smallest absolute Gasteiger partial charge is 0.251 e. The van der Waals surface area contributed by atoms with Gasteiger partial charge in [0.15, 0.2) is 11.0 Å². The van der Waals surface area contributed by atoms with Gasteiger partial charge in [0.2, 0.25) is 5.91 Å². The minimum atomic E-state index is -0.388. The second-order valence-electron chi connectivity index (χ2n) is 9.02. The lowest BCUT2D eigenvalue weighted by molar-refractivity contribution is -0.113. The molecule has 192 valence electrons. The summed E-state index contributed by atoms with van der Waals surface area (Å²) in [5.74, 6) is 0.465. The lowest BCUT2D eigenvalue weighted by atomic mass is 10.0. The van der Waals surface area contributed by atoms with E-state index in [-0.39, 0.29) is 29.5 Å². The average molecular weight is 549 g/mol. The Labute approximate surface area is 226 Å². The van der Waals surface area contributed by atoms with Crippen molar-refractivity contribution in [3.63, 3.8) is 0 Å². The molecule has 0 spiro atoms. The van der Waals surface area contributed by atoms with Crippen molar-refractivity contribution in [2.24, 2.45) is 5.92 Å². The van der Waals surface area contributed by atoms with Gasteiger partial charge in [-0.3, -0.25) is 9.59 Å². The number of aryl methyl sites for hydroxylation is 3. The van der Waals surface area contributed by atoms with Gasteiger partial charge in [-0.25, -0.2) is 0 Å². The number of nitrogens with one attached hydrogen (secondary N) is 2. The van der Waals surface area contributed by atoms with E-state index in [1.165, 1.54) is 11.8 Å². The SMILES string of the molecule is CCn1c(SCC(=O)Nc2c(C)cc(C)cc2C)nnc1[C@@H](NC(=O)c1ccc(Cl)c(Cl)c1)C(C)C. The molecule has 7 nitrogen and oxygen atoms in total. The largest absolute Gasteiger partial charge is 0.342 e. The molecule has 1 atom stereocenters. The zero-order valence-corrected chi connectivity index (χ0v) is 23.6. The van der Waals surface area contributed by atoms with E-state index < -0.39 is 0 Å². The Balaban J connectivity index is 1.74. The molecule has 0 saturated heterocycles. The molecule has 1 aromatic heterocycles. The summed E-state index contributed by atoms with van der Waals surface area (Å²) in [6.07, 6.45) is 0. The van der Waals surface area contributed by atoms with E-state index in [1.54, 1.807) is 18.2 Å². The molecule has 36 heavy (non-hydrogen) atoms. The first-order valence-corrected chi connectivity index (χ1v) is 13.4. The van der Waals surface area contributed by atoms with Gasteiger partial charge < -0.3 is 15.2 Å². The predicted molar refractivity (Wildman–Crippen MR) is 147 cm³/mol. The molecule has 2 aromatic carbocycles. The van der Waals surface area contributed by atoms with Crippen LogP contribution in [0.15, 0.2) is 35.5 Å². The van der Waals surface area contributed by atoms with Crippen molar-refractivity contribution in [3.8, 4) is 0 Å². The van der Waals surface area contributed by atoms with Gasteiger partial charge in [-0.1, -0.05) is 66.5 Å². The quantitative estimate of drug-likeness (QED) is 0.303. The second kappa shape index (κ2) is 12.1. The number of hydrogen-bond acceptors (Lipinski definition) is 5. The molecule has 0 unspecified atom stereocenters. The Morgan fingerprint density at radius 3 is 2.28 bits per heavy atom. The van der Waals surface area contributed by atoms with E-state index in [9.17, 15) is 9.59 Å². The molecule has 0 aliphatic rings. The first kappa shape index (κ1) is 28.0. The number of benzene rings is 2. The zero-order valence-electron chi connectivity index (χ0n) is 21.3. The molecule has 0 radical (unpaired) electrons. The number of thioether (sulfide) groups is 1. The number of nitrogens with zero attached hydrogens (tertiary/aromatic N) is 3. The van der Waals surface area contributed by atoms with Crippen LogP contribution in [-0.2, 0) is 11.3 Å². The van der Waals surface area contributed by atoms with Crippen LogP contribution in [-0.4, -0.2) is 32.3 Å². The number of carbonyl (C=O) groups excluding carboxylic acids is 2. The van der Waals surface area contributed by atoms with Gasteiger partial charge >= 0.3 is 0 Å². The number of anilines is 1. The summed E-state index contributed by atoms with van der Waals surface area (Å²) in [4.78, 5) is 25.6. The summed E-state index contributed by atoms with van der Waals surface area (Å²) in [6.45, 7) is 12.6. The van der Waals surface area contributed by atoms with E-state index in [4.69, 9.17) is 23.2 Å². The van der Waals surface area contributed by atoms with Crippen LogP contribution in [0, 0.1) is 26.7 Å². The number of carbonyl (C=O) groups is 2. The fourth-order valence-electron chi connectivity index (χ4n) is 4.01. The highest BCUT2D eigenvalue weighted by atomic mass is 35.5. The van der Waals surface area contributed by atoms with Gasteiger partial charge in [0.05, 0.1) is 21.8 Å². The van der Waals surface area contributed by atoms with Crippen molar-refractivity contribution in [3.05, 3.63) is 68.5 Å². The van der Waals surface area contributed by atoms with Crippen LogP contribution >= 0.6 is 35.0 Å². The van der Waals surface area contributed by atoms with Crippen LogP contribution in [0.5, 0.6) is 0 Å². The van der Waals surface area contributed by atoms with Gasteiger partial charge in [0.1, 0.15) is 0 Å². The minimum absolute atomic E-state index is 0.0415. The van der Waals surface area contributed by atoms with Gasteiger partial charge in [-0.15, -0.1) is 10.2 Å². The number of hydrogen-bond donors (Lipinski definition) is 2. The molecule has 1 heterocycles. The van der Waals surface area contributed by atoms with Crippen LogP contribution < -0.4 is 10.6 Å². The summed E-state index contributed by atoms with van der Waals surface area (Å²) in [5, 5.41) is 16.1. The standard InChI is InChI=1S/C26H31Cl2N5O2S/c1-7-33-24(22(14(2)3)30-25(35)18-8-9-19(27)20(28)12-18)31-32-26(33)36-13-21(34)29-23-16(5)10-15(4)11-17(23)6/h8-12,14,22H,7,13H2,1-6H3,(H,29,34)(H,30,35)/t22-/m0/s1. The van der Waals surface area contributed by atoms with Crippen LogP contribution in [0.3, 0.4) is 0 Å². The van der Waals surface area contributed by atoms with Crippen molar-refractivity contribution in [1.82, 2.24) is 20.1 Å². The second-order valence-corrected chi connectivity index (χ2v) is 10.8. The minimum Gasteiger partial charge on any atom is -0.342 e. The van der Waals surface area contributed by atoms with Crippen molar-refractivity contribution < 1.29 is 9.59 Å². The van der Waals surface area contributed by atoms with Crippen LogP contribution in [0.4, 0.5) is 5.69 Å². The van der Waals surface area contributed by atoms with Crippen LogP contribution in [0.2, 0.25) is 10.0 Å². The Morgan fingerprint density at radius 2 is 1.69 bits per heavy atom. The molecule has 0 fully saturated rings. The van der Waals surface area contributed by atoms with Gasteiger partial charge in [0.25, 0.3) is 5.91 Å². The van der Waals surface area contributed by atoms with Crippen molar-refractivity contribution in [1.29, 1.82) is 0 Å². The Morgan fingerprint density at radius 1 is 1.03 bits per heavy atom. The van der Waals surface area contributed by atoms with Crippen LogP contribution in [0.25, 0.3) is 0 Å². The molecule has 0 saturated carbocycles. The summed E-state index contributed by atoms with van der Waals surface area (Å²) >= 11 is 13.4. The molecule has 0 bridgehead atoms. The average Bonchev–Trinajstić information content (AvgIpc) is 3.22. The molecule has 2 N–H and O–H groups in total. The van der Waals surface area contributed by atoms with Crippen molar-refractivity contribution in [2.45, 2.75) is 59.3 Å². The van der Waals surface area contributed by atoms with Crippen molar-refractivity contribution >= 4 is 52.5 Å². The Bertz CT molecular complexity index is 1250. The van der Waals surface area contributed by atoms with E-state index in [2.05, 4.69) is 20.8 Å². The maximum Gasteiger partial charge on any atom is 0.251 e. The fourth-order valence-corrected chi connectivity index (χ4v) is 5.12. The predicted octanol–water partition coefficient (Wildman–Crippen LogP) is 6.39. The third kappa shape index (κ3) is 6.60. The van der Waals surface area contributed by atoms with Gasteiger partial charge in [-0.05, 0) is 62.9 Å². The number of rotatable bonds is 9. The van der Waals surface area contributed by atoms with Gasteiger partial charge in [-0.2, -0.15) is 0 Å². The topological polar surface area (TPSA) is 88.9 Å². The number of aromatic nitrogens is 3. The van der Waals surface area contributed by atoms with E-state index in [0.29, 0.717) is 33.1 Å². The molecular formula is C26H31Cl2N5O2S. The maximum atomic E-state index is 12.9. The Hall–Kier alpha value is -2.55. The summed E-state index contributed by atoms with van der Waals surface area (Å²) in [7, 11) is 0. The first-order chi connectivity index (χ1) is 17.0. The first-order valence-electron chi connectivity index (χ1n) is 11.7. The van der Waals surface area contributed by atoms with E-state index in [0.717, 1.165) is 22.4 Å². The van der Waals surface area contributed by atoms with Crippen LogP contribution in [0.1, 0.15) is 59.7 Å². The molecule has 0 aliphatic heterocycles. The Kier molecular flexibility index (Phi) is 9.44. The fraction of sp³-hybridized carbons (Fsp3) is 0.385. The van der Waals surface area contributed by atoms with Gasteiger partial charge in [0, 0.05) is 17.8 Å². The highest BCUT2D eigenvalue weighted by Crippen LogP contribution is 2.28. The zero-order chi connectivity index (χ0) is 26.6. The third-order valence-corrected chi connectivity index (χ3v) is 7.45. The third-order valence-electron chi connectivity index (χ3n) is 5.75. The molecule has 0 aliphatic carbocycles. The lowest BCUT2D eigenvalue weighted by Crippen LogP contribution is -2.33. The highest BCUT2D eigenvalue weighted by molar-refractivity contribution is 7.99. The summed E-state index contributed by atoms with van der Waals surface area (Å²) < 4.78 is 1.93. The number of halogens is 2.